The van der Waals surface area contributed by atoms with Crippen molar-refractivity contribution in [2.45, 2.75) is 45.6 Å². The van der Waals surface area contributed by atoms with Crippen LogP contribution in [0.25, 0.3) is 0 Å². The average Bonchev–Trinajstić information content (AvgIpc) is 2.16. The Hall–Kier alpha value is -0.0800. The van der Waals surface area contributed by atoms with Crippen molar-refractivity contribution in [3.05, 3.63) is 0 Å². The van der Waals surface area contributed by atoms with Gasteiger partial charge in [0.15, 0.2) is 0 Å². The summed E-state index contributed by atoms with van der Waals surface area (Å²) in [5.41, 5.74) is 5.55. The van der Waals surface area contributed by atoms with Crippen LogP contribution in [0.15, 0.2) is 0 Å². The van der Waals surface area contributed by atoms with Crippen molar-refractivity contribution in [3.8, 4) is 0 Å². The maximum absolute atomic E-state index is 5.55. The predicted octanol–water partition coefficient (Wildman–Crippen LogP) is 1.75. The van der Waals surface area contributed by atoms with Crippen LogP contribution in [0.3, 0.4) is 0 Å². The lowest BCUT2D eigenvalue weighted by molar-refractivity contribution is 0.276. The van der Waals surface area contributed by atoms with Gasteiger partial charge < -0.3 is 11.1 Å². The monoisotopic (exact) mass is 184 g/mol. The summed E-state index contributed by atoms with van der Waals surface area (Å²) < 4.78 is 0. The quantitative estimate of drug-likeness (QED) is 0.698. The van der Waals surface area contributed by atoms with E-state index in [9.17, 15) is 0 Å². The molecule has 0 amide bonds. The normalized spacial score (nSPS) is 31.6. The number of nitrogens with two attached hydrogens (primary N) is 1. The first kappa shape index (κ1) is 11.0. The van der Waals surface area contributed by atoms with Gasteiger partial charge >= 0.3 is 0 Å². The molecular weight excluding hydrogens is 160 g/mol. The van der Waals surface area contributed by atoms with Crippen LogP contribution in [0.4, 0.5) is 0 Å². The Balaban J connectivity index is 2.08. The topological polar surface area (TPSA) is 38.0 Å². The van der Waals surface area contributed by atoms with E-state index in [-0.39, 0.29) is 0 Å². The Kier molecular flexibility index (Phi) is 4.74. The Bertz CT molecular complexity index is 128. The number of nitrogens with one attached hydrogen (secondary N) is 1. The first-order valence-corrected chi connectivity index (χ1v) is 5.65. The Morgan fingerprint density at radius 2 is 1.92 bits per heavy atom. The van der Waals surface area contributed by atoms with Gasteiger partial charge in [0, 0.05) is 12.6 Å². The van der Waals surface area contributed by atoms with Gasteiger partial charge in [-0.1, -0.05) is 19.8 Å². The van der Waals surface area contributed by atoms with E-state index in [4.69, 9.17) is 5.73 Å². The predicted molar refractivity (Wildman–Crippen MR) is 57.6 cm³/mol. The minimum Gasteiger partial charge on any atom is -0.329 e. The van der Waals surface area contributed by atoms with Gasteiger partial charge in [0.1, 0.15) is 0 Å². The Labute approximate surface area is 82.3 Å². The smallest absolute Gasteiger partial charge is 0.0162 e. The fourth-order valence-corrected chi connectivity index (χ4v) is 1.98. The summed E-state index contributed by atoms with van der Waals surface area (Å²) in [5.74, 6) is 1.87. The zero-order chi connectivity index (χ0) is 9.68. The summed E-state index contributed by atoms with van der Waals surface area (Å²) in [7, 11) is 0. The number of hydrogen-bond donors (Lipinski definition) is 2. The molecule has 1 atom stereocenters. The van der Waals surface area contributed by atoms with Crippen LogP contribution in [0.1, 0.15) is 39.5 Å². The van der Waals surface area contributed by atoms with Crippen LogP contribution in [-0.4, -0.2) is 19.1 Å². The molecule has 0 aliphatic heterocycles. The lowest BCUT2D eigenvalue weighted by Crippen LogP contribution is -2.37. The molecule has 0 aromatic heterocycles. The average molecular weight is 184 g/mol. The van der Waals surface area contributed by atoms with Crippen molar-refractivity contribution in [1.82, 2.24) is 5.32 Å². The van der Waals surface area contributed by atoms with E-state index in [1.807, 2.05) is 0 Å². The highest BCUT2D eigenvalue weighted by atomic mass is 14.9. The van der Waals surface area contributed by atoms with Crippen LogP contribution in [-0.2, 0) is 0 Å². The highest BCUT2D eigenvalue weighted by Crippen LogP contribution is 2.27. The molecule has 2 nitrogen and oxygen atoms in total. The van der Waals surface area contributed by atoms with Crippen LogP contribution >= 0.6 is 0 Å². The van der Waals surface area contributed by atoms with E-state index in [2.05, 4.69) is 19.2 Å². The molecule has 0 aromatic rings. The third-order valence-corrected chi connectivity index (χ3v) is 3.24. The number of hydrogen-bond acceptors (Lipinski definition) is 2. The van der Waals surface area contributed by atoms with Crippen molar-refractivity contribution < 1.29 is 0 Å². The molecule has 2 heteroatoms. The van der Waals surface area contributed by atoms with Crippen molar-refractivity contribution in [3.63, 3.8) is 0 Å². The van der Waals surface area contributed by atoms with Crippen molar-refractivity contribution in [2.24, 2.45) is 17.6 Å². The summed E-state index contributed by atoms with van der Waals surface area (Å²) in [6, 6.07) is 0.486. The van der Waals surface area contributed by atoms with E-state index in [1.54, 1.807) is 0 Å². The Morgan fingerprint density at radius 1 is 1.31 bits per heavy atom. The summed E-state index contributed by atoms with van der Waals surface area (Å²) >= 11 is 0. The first-order valence-electron chi connectivity index (χ1n) is 5.65. The zero-order valence-electron chi connectivity index (χ0n) is 9.05. The lowest BCUT2D eigenvalue weighted by Gasteiger charge is -2.27. The Morgan fingerprint density at radius 3 is 2.46 bits per heavy atom. The largest absolute Gasteiger partial charge is 0.329 e. The molecule has 0 bridgehead atoms. The van der Waals surface area contributed by atoms with Gasteiger partial charge in [-0.3, -0.25) is 0 Å². The number of rotatable bonds is 4. The molecule has 0 unspecified atom stereocenters. The molecule has 1 fully saturated rings. The highest BCUT2D eigenvalue weighted by molar-refractivity contribution is 4.73. The third kappa shape index (κ3) is 4.10. The fraction of sp³-hybridized carbons (Fsp3) is 1.00. The summed E-state index contributed by atoms with van der Waals surface area (Å²) in [6.07, 6.45) is 5.66. The second kappa shape index (κ2) is 5.61. The van der Waals surface area contributed by atoms with Gasteiger partial charge in [0.2, 0.25) is 0 Å². The van der Waals surface area contributed by atoms with Gasteiger partial charge in [-0.05, 0) is 38.1 Å². The molecule has 1 rings (SSSR count). The van der Waals surface area contributed by atoms with Crippen molar-refractivity contribution in [1.29, 1.82) is 0 Å². The van der Waals surface area contributed by atoms with Gasteiger partial charge in [-0.2, -0.15) is 0 Å². The zero-order valence-corrected chi connectivity index (χ0v) is 9.05. The summed E-state index contributed by atoms with van der Waals surface area (Å²) in [5, 5.41) is 3.49. The molecule has 0 heterocycles. The second-order valence-electron chi connectivity index (χ2n) is 4.67. The molecule has 0 radical (unpaired) electrons. The van der Waals surface area contributed by atoms with Gasteiger partial charge in [-0.15, -0.1) is 0 Å². The maximum Gasteiger partial charge on any atom is 0.0162 e. The molecule has 1 aliphatic carbocycles. The second-order valence-corrected chi connectivity index (χ2v) is 4.67. The van der Waals surface area contributed by atoms with Crippen LogP contribution in [0, 0.1) is 11.8 Å². The highest BCUT2D eigenvalue weighted by Gasteiger charge is 2.17. The van der Waals surface area contributed by atoms with E-state index < -0.39 is 0 Å². The van der Waals surface area contributed by atoms with Crippen LogP contribution in [0.2, 0.25) is 0 Å². The van der Waals surface area contributed by atoms with E-state index in [0.29, 0.717) is 6.04 Å². The van der Waals surface area contributed by atoms with Gasteiger partial charge in [0.05, 0.1) is 0 Å². The molecule has 0 spiro atoms. The van der Waals surface area contributed by atoms with E-state index >= 15 is 0 Å². The molecule has 13 heavy (non-hydrogen) atoms. The molecule has 1 saturated carbocycles. The minimum atomic E-state index is 0.486. The fourth-order valence-electron chi connectivity index (χ4n) is 1.98. The first-order chi connectivity index (χ1) is 6.22. The lowest BCUT2D eigenvalue weighted by atomic mass is 9.83. The standard InChI is InChI=1S/C11H24N2/c1-9-3-5-11(6-4-9)8-13-10(2)7-12/h9-11,13H,3-8,12H2,1-2H3/t9?,10-,11?/m1/s1. The molecular formula is C11H24N2. The molecule has 0 saturated heterocycles. The summed E-state index contributed by atoms with van der Waals surface area (Å²) in [4.78, 5) is 0. The van der Waals surface area contributed by atoms with Gasteiger partial charge in [-0.25, -0.2) is 0 Å². The molecule has 78 valence electrons. The SMILES string of the molecule is CC1CCC(CN[C@H](C)CN)CC1. The maximum atomic E-state index is 5.55. The summed E-state index contributed by atoms with van der Waals surface area (Å²) in [6.45, 7) is 6.45. The molecule has 3 N–H and O–H groups in total. The third-order valence-electron chi connectivity index (χ3n) is 3.24. The molecule has 0 aromatic carbocycles. The van der Waals surface area contributed by atoms with Gasteiger partial charge in [0.25, 0.3) is 0 Å². The van der Waals surface area contributed by atoms with Crippen LogP contribution in [0.5, 0.6) is 0 Å². The minimum absolute atomic E-state index is 0.486. The van der Waals surface area contributed by atoms with Crippen LogP contribution < -0.4 is 11.1 Å². The van der Waals surface area contributed by atoms with Crippen molar-refractivity contribution >= 4 is 0 Å². The van der Waals surface area contributed by atoms with E-state index in [1.165, 1.54) is 32.2 Å². The van der Waals surface area contributed by atoms with Crippen molar-refractivity contribution in [2.75, 3.05) is 13.1 Å². The molecule has 1 aliphatic rings. The van der Waals surface area contributed by atoms with E-state index in [0.717, 1.165) is 18.4 Å².